The Labute approximate surface area is 142 Å². The van der Waals surface area contributed by atoms with E-state index in [2.05, 4.69) is 12.2 Å². The Morgan fingerprint density at radius 1 is 1.04 bits per heavy atom. The SMILES string of the molecule is CCCCc1ccc(NC(=O)CN2CCN(CC)C(=O)C2=O)cc1. The van der Waals surface area contributed by atoms with Crippen LogP contribution in [-0.4, -0.2) is 53.7 Å². The first-order valence-electron chi connectivity index (χ1n) is 8.52. The van der Waals surface area contributed by atoms with E-state index < -0.39 is 11.8 Å². The second kappa shape index (κ2) is 8.47. The largest absolute Gasteiger partial charge is 0.333 e. The molecule has 6 nitrogen and oxygen atoms in total. The molecule has 0 bridgehead atoms. The number of likely N-dealkylation sites (N-methyl/N-ethyl adjacent to an activating group) is 1. The molecule has 0 atom stereocenters. The van der Waals surface area contributed by atoms with E-state index in [1.165, 1.54) is 15.4 Å². The van der Waals surface area contributed by atoms with Gasteiger partial charge in [0.1, 0.15) is 6.54 Å². The lowest BCUT2D eigenvalue weighted by Gasteiger charge is -2.32. The van der Waals surface area contributed by atoms with E-state index in [0.717, 1.165) is 19.3 Å². The minimum Gasteiger partial charge on any atom is -0.333 e. The summed E-state index contributed by atoms with van der Waals surface area (Å²) in [4.78, 5) is 38.7. The molecule has 24 heavy (non-hydrogen) atoms. The molecule has 1 aromatic carbocycles. The topological polar surface area (TPSA) is 69.7 Å². The number of nitrogens with one attached hydrogen (secondary N) is 1. The fourth-order valence-electron chi connectivity index (χ4n) is 2.68. The first-order chi connectivity index (χ1) is 11.5. The van der Waals surface area contributed by atoms with Crippen LogP contribution in [0.4, 0.5) is 5.69 Å². The first-order valence-corrected chi connectivity index (χ1v) is 8.52. The number of benzene rings is 1. The molecule has 130 valence electrons. The van der Waals surface area contributed by atoms with Gasteiger partial charge in [0.2, 0.25) is 5.91 Å². The van der Waals surface area contributed by atoms with E-state index >= 15 is 0 Å². The number of rotatable bonds is 7. The monoisotopic (exact) mass is 331 g/mol. The lowest BCUT2D eigenvalue weighted by atomic mass is 10.1. The van der Waals surface area contributed by atoms with Gasteiger partial charge in [0, 0.05) is 25.3 Å². The van der Waals surface area contributed by atoms with Gasteiger partial charge in [0.25, 0.3) is 0 Å². The number of nitrogens with zero attached hydrogens (tertiary/aromatic N) is 2. The summed E-state index contributed by atoms with van der Waals surface area (Å²) in [5, 5.41) is 2.78. The summed E-state index contributed by atoms with van der Waals surface area (Å²) in [7, 11) is 0. The molecule has 1 N–H and O–H groups in total. The molecule has 0 saturated carbocycles. The Bertz CT molecular complexity index is 598. The predicted octanol–water partition coefficient (Wildman–Crippen LogP) is 1.66. The molecule has 0 aromatic heterocycles. The van der Waals surface area contributed by atoms with Crippen molar-refractivity contribution in [2.75, 3.05) is 31.5 Å². The van der Waals surface area contributed by atoms with E-state index in [-0.39, 0.29) is 12.5 Å². The van der Waals surface area contributed by atoms with Gasteiger partial charge < -0.3 is 15.1 Å². The lowest BCUT2D eigenvalue weighted by Crippen LogP contribution is -2.55. The zero-order chi connectivity index (χ0) is 17.5. The van der Waals surface area contributed by atoms with E-state index in [0.29, 0.717) is 25.3 Å². The van der Waals surface area contributed by atoms with Crippen LogP contribution in [-0.2, 0) is 20.8 Å². The molecule has 1 aliphatic rings. The highest BCUT2D eigenvalue weighted by Gasteiger charge is 2.32. The fraction of sp³-hybridized carbons (Fsp3) is 0.500. The zero-order valence-corrected chi connectivity index (χ0v) is 14.4. The summed E-state index contributed by atoms with van der Waals surface area (Å²) in [5.74, 6) is -1.42. The Hall–Kier alpha value is -2.37. The predicted molar refractivity (Wildman–Crippen MR) is 92.5 cm³/mol. The Morgan fingerprint density at radius 2 is 1.67 bits per heavy atom. The smallest absolute Gasteiger partial charge is 0.312 e. The van der Waals surface area contributed by atoms with Crippen LogP contribution >= 0.6 is 0 Å². The van der Waals surface area contributed by atoms with Crippen LogP contribution in [0, 0.1) is 0 Å². The maximum Gasteiger partial charge on any atom is 0.312 e. The van der Waals surface area contributed by atoms with Crippen molar-refractivity contribution < 1.29 is 14.4 Å². The number of aryl methyl sites for hydroxylation is 1. The fourth-order valence-corrected chi connectivity index (χ4v) is 2.68. The van der Waals surface area contributed by atoms with Crippen LogP contribution in [0.2, 0.25) is 0 Å². The van der Waals surface area contributed by atoms with Crippen molar-refractivity contribution in [1.29, 1.82) is 0 Å². The van der Waals surface area contributed by atoms with E-state index in [4.69, 9.17) is 0 Å². The van der Waals surface area contributed by atoms with Crippen molar-refractivity contribution in [2.24, 2.45) is 0 Å². The Morgan fingerprint density at radius 3 is 2.29 bits per heavy atom. The highest BCUT2D eigenvalue weighted by atomic mass is 16.2. The van der Waals surface area contributed by atoms with Crippen LogP contribution in [0.3, 0.4) is 0 Å². The second-order valence-corrected chi connectivity index (χ2v) is 5.96. The van der Waals surface area contributed by atoms with Gasteiger partial charge in [-0.25, -0.2) is 0 Å². The molecule has 0 unspecified atom stereocenters. The van der Waals surface area contributed by atoms with Crippen molar-refractivity contribution in [3.63, 3.8) is 0 Å². The highest BCUT2D eigenvalue weighted by Crippen LogP contribution is 2.12. The molecule has 1 aliphatic heterocycles. The molecular weight excluding hydrogens is 306 g/mol. The van der Waals surface area contributed by atoms with Crippen LogP contribution < -0.4 is 5.32 Å². The van der Waals surface area contributed by atoms with Gasteiger partial charge in [-0.05, 0) is 37.5 Å². The molecular formula is C18H25N3O3. The van der Waals surface area contributed by atoms with Gasteiger partial charge in [0.05, 0.1) is 0 Å². The number of carbonyl (C=O) groups excluding carboxylic acids is 3. The van der Waals surface area contributed by atoms with Gasteiger partial charge in [-0.3, -0.25) is 14.4 Å². The number of unbranched alkanes of at least 4 members (excludes halogenated alkanes) is 1. The van der Waals surface area contributed by atoms with E-state index in [1.807, 2.05) is 31.2 Å². The number of hydrogen-bond donors (Lipinski definition) is 1. The molecule has 2 rings (SSSR count). The lowest BCUT2D eigenvalue weighted by molar-refractivity contribution is -0.156. The normalized spacial score (nSPS) is 14.9. The minimum absolute atomic E-state index is 0.0975. The van der Waals surface area contributed by atoms with Crippen molar-refractivity contribution in [3.8, 4) is 0 Å². The third-order valence-corrected chi connectivity index (χ3v) is 4.17. The van der Waals surface area contributed by atoms with Crippen LogP contribution in [0.5, 0.6) is 0 Å². The van der Waals surface area contributed by atoms with Gasteiger partial charge in [-0.1, -0.05) is 25.5 Å². The summed E-state index contributed by atoms with van der Waals surface area (Å²) >= 11 is 0. The number of carbonyl (C=O) groups is 3. The standard InChI is InChI=1S/C18H25N3O3/c1-3-5-6-14-7-9-15(10-8-14)19-16(22)13-21-12-11-20(4-2)17(23)18(21)24/h7-10H,3-6,11-13H2,1-2H3,(H,19,22). The maximum atomic E-state index is 12.1. The van der Waals surface area contributed by atoms with Gasteiger partial charge >= 0.3 is 11.8 Å². The number of amides is 3. The molecule has 0 spiro atoms. The highest BCUT2D eigenvalue weighted by molar-refractivity contribution is 6.35. The van der Waals surface area contributed by atoms with Crippen molar-refractivity contribution in [3.05, 3.63) is 29.8 Å². The third kappa shape index (κ3) is 4.57. The molecule has 1 saturated heterocycles. The van der Waals surface area contributed by atoms with Crippen LogP contribution in [0.1, 0.15) is 32.3 Å². The van der Waals surface area contributed by atoms with Gasteiger partial charge in [-0.2, -0.15) is 0 Å². The van der Waals surface area contributed by atoms with Crippen molar-refractivity contribution >= 4 is 23.4 Å². The van der Waals surface area contributed by atoms with Crippen molar-refractivity contribution in [2.45, 2.75) is 33.1 Å². The molecule has 1 heterocycles. The molecule has 0 aliphatic carbocycles. The summed E-state index contributed by atoms with van der Waals surface area (Å²) in [6, 6.07) is 7.73. The zero-order valence-electron chi connectivity index (χ0n) is 14.4. The van der Waals surface area contributed by atoms with Crippen molar-refractivity contribution in [1.82, 2.24) is 9.80 Å². The first kappa shape index (κ1) is 18.0. The Kier molecular flexibility index (Phi) is 6.35. The summed E-state index contributed by atoms with van der Waals surface area (Å²) in [6.07, 6.45) is 3.32. The second-order valence-electron chi connectivity index (χ2n) is 5.96. The summed E-state index contributed by atoms with van der Waals surface area (Å²) < 4.78 is 0. The average Bonchev–Trinajstić information content (AvgIpc) is 2.58. The van der Waals surface area contributed by atoms with Gasteiger partial charge in [-0.15, -0.1) is 0 Å². The summed E-state index contributed by atoms with van der Waals surface area (Å²) in [6.45, 7) is 5.26. The molecule has 6 heteroatoms. The molecule has 1 aromatic rings. The van der Waals surface area contributed by atoms with Crippen LogP contribution in [0.25, 0.3) is 0 Å². The minimum atomic E-state index is -0.604. The maximum absolute atomic E-state index is 12.1. The number of hydrogen-bond acceptors (Lipinski definition) is 3. The number of anilines is 1. The molecule has 1 fully saturated rings. The summed E-state index contributed by atoms with van der Waals surface area (Å²) in [5.41, 5.74) is 1.94. The van der Waals surface area contributed by atoms with Crippen LogP contribution in [0.15, 0.2) is 24.3 Å². The van der Waals surface area contributed by atoms with Gasteiger partial charge in [0.15, 0.2) is 0 Å². The van der Waals surface area contributed by atoms with E-state index in [1.54, 1.807) is 0 Å². The third-order valence-electron chi connectivity index (χ3n) is 4.17. The average molecular weight is 331 g/mol. The molecule has 0 radical (unpaired) electrons. The molecule has 3 amide bonds. The van der Waals surface area contributed by atoms with E-state index in [9.17, 15) is 14.4 Å². The quantitative estimate of drug-likeness (QED) is 0.773. The number of piperazine rings is 1. The Balaban J connectivity index is 1.87.